The number of aliphatic carboxylic acids is 1. The maximum Gasteiger partial charge on any atom is 0.318 e. The minimum absolute atomic E-state index is 0.0654. The van der Waals surface area contributed by atoms with E-state index in [0.29, 0.717) is 24.8 Å². The smallest absolute Gasteiger partial charge is 0.318 e. The molecule has 2 N–H and O–H groups in total. The molecular formula is C14H22N2O3. The number of carbonyl (C=O) groups is 2. The van der Waals surface area contributed by atoms with E-state index in [2.05, 4.69) is 5.32 Å². The molecule has 0 spiro atoms. The second kappa shape index (κ2) is 5.02. The van der Waals surface area contributed by atoms with Gasteiger partial charge in [-0.1, -0.05) is 6.42 Å². The Hall–Kier alpha value is -1.26. The van der Waals surface area contributed by atoms with Gasteiger partial charge in [0.15, 0.2) is 0 Å². The average Bonchev–Trinajstić information content (AvgIpc) is 2.69. The Morgan fingerprint density at radius 1 is 1.16 bits per heavy atom. The van der Waals surface area contributed by atoms with E-state index < -0.39 is 5.97 Å². The van der Waals surface area contributed by atoms with E-state index in [4.69, 9.17) is 5.11 Å². The van der Waals surface area contributed by atoms with Gasteiger partial charge in [-0.2, -0.15) is 0 Å². The van der Waals surface area contributed by atoms with Crippen molar-refractivity contribution >= 4 is 12.0 Å². The number of amides is 2. The summed E-state index contributed by atoms with van der Waals surface area (Å²) in [6.07, 6.45) is 6.86. The van der Waals surface area contributed by atoms with Gasteiger partial charge in [0.05, 0.1) is 12.0 Å². The van der Waals surface area contributed by atoms with Gasteiger partial charge in [-0.25, -0.2) is 4.79 Å². The van der Waals surface area contributed by atoms with Crippen molar-refractivity contribution in [2.75, 3.05) is 6.54 Å². The Bertz CT molecular complexity index is 373. The first-order chi connectivity index (χ1) is 9.15. The van der Waals surface area contributed by atoms with Crippen LogP contribution in [0.5, 0.6) is 0 Å². The predicted molar refractivity (Wildman–Crippen MR) is 69.7 cm³/mol. The topological polar surface area (TPSA) is 69.6 Å². The molecule has 0 bridgehead atoms. The van der Waals surface area contributed by atoms with Crippen molar-refractivity contribution in [3.05, 3.63) is 0 Å². The highest BCUT2D eigenvalue weighted by Gasteiger charge is 2.40. The number of hydrogen-bond donors (Lipinski definition) is 2. The fourth-order valence-electron chi connectivity index (χ4n) is 3.64. The highest BCUT2D eigenvalue weighted by atomic mass is 16.4. The first-order valence-electron chi connectivity index (χ1n) is 7.45. The number of urea groups is 1. The molecule has 0 aromatic heterocycles. The van der Waals surface area contributed by atoms with E-state index in [9.17, 15) is 9.59 Å². The lowest BCUT2D eigenvalue weighted by Crippen LogP contribution is -2.41. The van der Waals surface area contributed by atoms with Gasteiger partial charge in [-0.05, 0) is 44.4 Å². The van der Waals surface area contributed by atoms with Gasteiger partial charge >= 0.3 is 12.0 Å². The van der Waals surface area contributed by atoms with Crippen LogP contribution in [0.15, 0.2) is 0 Å². The first-order valence-corrected chi connectivity index (χ1v) is 7.45. The van der Waals surface area contributed by atoms with Crippen molar-refractivity contribution in [2.45, 2.75) is 57.0 Å². The van der Waals surface area contributed by atoms with E-state index in [1.54, 1.807) is 0 Å². The zero-order valence-corrected chi connectivity index (χ0v) is 11.2. The summed E-state index contributed by atoms with van der Waals surface area (Å²) in [6.45, 7) is 0.825. The predicted octanol–water partition coefficient (Wildman–Crippen LogP) is 1.82. The molecule has 5 heteroatoms. The summed E-state index contributed by atoms with van der Waals surface area (Å²) < 4.78 is 0. The molecule has 0 aromatic carbocycles. The van der Waals surface area contributed by atoms with Crippen molar-refractivity contribution in [3.8, 4) is 0 Å². The average molecular weight is 266 g/mol. The van der Waals surface area contributed by atoms with Gasteiger partial charge in [0, 0.05) is 12.6 Å². The molecule has 3 fully saturated rings. The molecule has 0 radical (unpaired) electrons. The van der Waals surface area contributed by atoms with E-state index in [-0.39, 0.29) is 18.0 Å². The zero-order chi connectivity index (χ0) is 13.4. The lowest BCUT2D eigenvalue weighted by atomic mass is 9.79. The summed E-state index contributed by atoms with van der Waals surface area (Å²) in [5.74, 6) is -0.217. The van der Waals surface area contributed by atoms with Crippen LogP contribution in [0.25, 0.3) is 0 Å². The molecule has 5 nitrogen and oxygen atoms in total. The molecule has 2 aliphatic carbocycles. The molecule has 106 valence electrons. The zero-order valence-electron chi connectivity index (χ0n) is 11.2. The van der Waals surface area contributed by atoms with E-state index in [0.717, 1.165) is 19.4 Å². The molecule has 1 saturated heterocycles. The van der Waals surface area contributed by atoms with E-state index >= 15 is 0 Å². The summed E-state index contributed by atoms with van der Waals surface area (Å²) in [4.78, 5) is 24.9. The summed E-state index contributed by atoms with van der Waals surface area (Å²) in [6, 6.07) is 0.648. The van der Waals surface area contributed by atoms with Gasteiger partial charge in [-0.3, -0.25) is 4.79 Å². The highest BCUT2D eigenvalue weighted by molar-refractivity contribution is 5.77. The summed E-state index contributed by atoms with van der Waals surface area (Å²) in [7, 11) is 0. The minimum atomic E-state index is -0.684. The lowest BCUT2D eigenvalue weighted by Gasteiger charge is -2.34. The Labute approximate surface area is 113 Å². The molecule has 1 aliphatic heterocycles. The second-order valence-electron chi connectivity index (χ2n) is 6.24. The molecular weight excluding hydrogens is 244 g/mol. The number of rotatable bonds is 3. The van der Waals surface area contributed by atoms with Crippen LogP contribution in [-0.4, -0.2) is 40.6 Å². The van der Waals surface area contributed by atoms with Crippen molar-refractivity contribution in [2.24, 2.45) is 11.8 Å². The molecule has 2 saturated carbocycles. The quantitative estimate of drug-likeness (QED) is 0.818. The Kier molecular flexibility index (Phi) is 3.37. The second-order valence-corrected chi connectivity index (χ2v) is 6.24. The summed E-state index contributed by atoms with van der Waals surface area (Å²) in [5.41, 5.74) is 0. The van der Waals surface area contributed by atoms with Crippen molar-refractivity contribution in [1.29, 1.82) is 0 Å². The van der Waals surface area contributed by atoms with Crippen LogP contribution in [0, 0.1) is 11.8 Å². The number of nitrogens with one attached hydrogen (secondary N) is 1. The van der Waals surface area contributed by atoms with Crippen molar-refractivity contribution in [1.82, 2.24) is 10.2 Å². The maximum absolute atomic E-state index is 12.0. The molecule has 3 aliphatic rings. The molecule has 19 heavy (non-hydrogen) atoms. The van der Waals surface area contributed by atoms with Crippen LogP contribution >= 0.6 is 0 Å². The van der Waals surface area contributed by atoms with Gasteiger partial charge < -0.3 is 15.3 Å². The van der Waals surface area contributed by atoms with Gasteiger partial charge in [-0.15, -0.1) is 0 Å². The maximum atomic E-state index is 12.0. The lowest BCUT2D eigenvalue weighted by molar-refractivity contribution is -0.143. The Morgan fingerprint density at radius 2 is 1.84 bits per heavy atom. The van der Waals surface area contributed by atoms with Crippen LogP contribution in [0.4, 0.5) is 4.79 Å². The van der Waals surface area contributed by atoms with E-state index in [1.807, 2.05) is 4.90 Å². The molecule has 1 heterocycles. The molecule has 0 aromatic rings. The van der Waals surface area contributed by atoms with Crippen molar-refractivity contribution < 1.29 is 14.7 Å². The van der Waals surface area contributed by atoms with Gasteiger partial charge in [0.25, 0.3) is 0 Å². The third kappa shape index (κ3) is 2.42. The van der Waals surface area contributed by atoms with Gasteiger partial charge in [0.1, 0.15) is 0 Å². The molecule has 1 atom stereocenters. The van der Waals surface area contributed by atoms with Crippen LogP contribution in [0.2, 0.25) is 0 Å². The Morgan fingerprint density at radius 3 is 2.37 bits per heavy atom. The number of hydrogen-bond acceptors (Lipinski definition) is 2. The fraction of sp³-hybridized carbons (Fsp3) is 0.857. The first kappa shape index (κ1) is 12.8. The molecule has 3 rings (SSSR count). The third-order valence-electron chi connectivity index (χ3n) is 5.17. The van der Waals surface area contributed by atoms with Gasteiger partial charge in [0.2, 0.25) is 0 Å². The summed E-state index contributed by atoms with van der Waals surface area (Å²) in [5, 5.41) is 12.1. The number of nitrogens with zero attached hydrogens (tertiary/aromatic N) is 1. The number of carboxylic acids is 1. The third-order valence-corrected chi connectivity index (χ3v) is 5.17. The molecule has 1 unspecified atom stereocenters. The van der Waals surface area contributed by atoms with Crippen LogP contribution in [0.3, 0.4) is 0 Å². The largest absolute Gasteiger partial charge is 0.481 e. The minimum Gasteiger partial charge on any atom is -0.481 e. The number of carboxylic acid groups (broad SMARTS) is 1. The van der Waals surface area contributed by atoms with Crippen molar-refractivity contribution in [3.63, 3.8) is 0 Å². The highest BCUT2D eigenvalue weighted by Crippen LogP contribution is 2.34. The monoisotopic (exact) mass is 266 g/mol. The van der Waals surface area contributed by atoms with E-state index in [1.165, 1.54) is 19.3 Å². The SMILES string of the molecule is O=C(O)C1CCC(N2CC(C3CCC3)NC2=O)CC1. The standard InChI is InChI=1S/C14H22N2O3/c17-13(18)10-4-6-11(7-5-10)16-8-12(15-14(16)19)9-2-1-3-9/h9-12H,1-8H2,(H,15,19)(H,17,18). The van der Waals surface area contributed by atoms with Crippen LogP contribution < -0.4 is 5.32 Å². The number of carbonyl (C=O) groups excluding carboxylic acids is 1. The summed E-state index contributed by atoms with van der Waals surface area (Å²) >= 11 is 0. The van der Waals surface area contributed by atoms with Crippen LogP contribution in [0.1, 0.15) is 44.9 Å². The molecule has 2 amide bonds. The Balaban J connectivity index is 1.55. The normalized spacial score (nSPS) is 35.9. The van der Waals surface area contributed by atoms with Crippen LogP contribution in [-0.2, 0) is 4.79 Å². The fourth-order valence-corrected chi connectivity index (χ4v) is 3.64.